The highest BCUT2D eigenvalue weighted by Gasteiger charge is 2.46. The first-order valence-electron chi connectivity index (χ1n) is 8.80. The number of aliphatic imine (C=N–C) groups is 1. The van der Waals surface area contributed by atoms with Crippen LogP contribution in [0.4, 0.5) is 0 Å². The number of pyridine rings is 1. The van der Waals surface area contributed by atoms with Gasteiger partial charge in [0.2, 0.25) is 0 Å². The molecular weight excluding hydrogens is 316 g/mol. The van der Waals surface area contributed by atoms with Crippen LogP contribution in [0.1, 0.15) is 49.4 Å². The predicted octanol–water partition coefficient (Wildman–Crippen LogP) is 4.19. The van der Waals surface area contributed by atoms with Crippen molar-refractivity contribution >= 4 is 16.9 Å². The third-order valence-corrected chi connectivity index (χ3v) is 6.31. The Balaban J connectivity index is 1.82. The molecule has 0 saturated carbocycles. The SMILES string of the molecule is CC[C@@H]1CSC2=N[C@@H](c3ccccn3)[C@H](c3ccc(C)n3CC)N21. The van der Waals surface area contributed by atoms with E-state index in [0.29, 0.717) is 6.04 Å². The molecule has 2 aliphatic heterocycles. The van der Waals surface area contributed by atoms with Gasteiger partial charge in [0, 0.05) is 35.9 Å². The van der Waals surface area contributed by atoms with Crippen molar-refractivity contribution in [1.82, 2.24) is 14.5 Å². The molecule has 4 heterocycles. The quantitative estimate of drug-likeness (QED) is 0.837. The molecule has 3 atom stereocenters. The zero-order valence-corrected chi connectivity index (χ0v) is 15.3. The summed E-state index contributed by atoms with van der Waals surface area (Å²) in [6, 6.07) is 11.6. The molecule has 0 unspecified atom stereocenters. The van der Waals surface area contributed by atoms with Gasteiger partial charge in [0.15, 0.2) is 5.17 Å². The highest BCUT2D eigenvalue weighted by atomic mass is 32.2. The second-order valence-corrected chi connectivity index (χ2v) is 7.47. The molecule has 2 aromatic rings. The molecule has 126 valence electrons. The van der Waals surface area contributed by atoms with E-state index in [2.05, 4.69) is 59.5 Å². The average molecular weight is 340 g/mol. The van der Waals surface area contributed by atoms with Gasteiger partial charge in [-0.05, 0) is 44.5 Å². The first-order valence-corrected chi connectivity index (χ1v) is 9.79. The summed E-state index contributed by atoms with van der Waals surface area (Å²) >= 11 is 1.90. The Morgan fingerprint density at radius 1 is 1.21 bits per heavy atom. The van der Waals surface area contributed by atoms with Crippen molar-refractivity contribution in [3.8, 4) is 0 Å². The molecule has 1 fully saturated rings. The number of rotatable bonds is 4. The summed E-state index contributed by atoms with van der Waals surface area (Å²) in [7, 11) is 0. The minimum absolute atomic E-state index is 0.0858. The van der Waals surface area contributed by atoms with Crippen LogP contribution in [0.25, 0.3) is 0 Å². The van der Waals surface area contributed by atoms with Crippen molar-refractivity contribution in [2.24, 2.45) is 4.99 Å². The van der Waals surface area contributed by atoms with Crippen LogP contribution >= 0.6 is 11.8 Å². The van der Waals surface area contributed by atoms with Crippen molar-refractivity contribution in [1.29, 1.82) is 0 Å². The van der Waals surface area contributed by atoms with Gasteiger partial charge in [-0.25, -0.2) is 0 Å². The number of thioether (sulfide) groups is 1. The predicted molar refractivity (Wildman–Crippen MR) is 100 cm³/mol. The summed E-state index contributed by atoms with van der Waals surface area (Å²) < 4.78 is 2.43. The van der Waals surface area contributed by atoms with Crippen molar-refractivity contribution in [3.63, 3.8) is 0 Å². The first-order chi connectivity index (χ1) is 11.7. The molecule has 2 aliphatic rings. The Morgan fingerprint density at radius 2 is 2.08 bits per heavy atom. The molecule has 4 rings (SSSR count). The van der Waals surface area contributed by atoms with E-state index in [1.54, 1.807) is 0 Å². The summed E-state index contributed by atoms with van der Waals surface area (Å²) in [5, 5.41) is 1.20. The maximum atomic E-state index is 5.09. The van der Waals surface area contributed by atoms with Crippen molar-refractivity contribution in [2.45, 2.75) is 51.9 Å². The van der Waals surface area contributed by atoms with Crippen LogP contribution in [0.5, 0.6) is 0 Å². The molecule has 24 heavy (non-hydrogen) atoms. The molecule has 0 N–H and O–H groups in total. The van der Waals surface area contributed by atoms with Gasteiger partial charge in [0.25, 0.3) is 0 Å². The highest BCUT2D eigenvalue weighted by Crippen LogP contribution is 2.48. The lowest BCUT2D eigenvalue weighted by Gasteiger charge is -2.32. The zero-order valence-electron chi connectivity index (χ0n) is 14.5. The fraction of sp³-hybridized carbons (Fsp3) is 0.474. The summed E-state index contributed by atoms with van der Waals surface area (Å²) in [5.74, 6) is 1.15. The second-order valence-electron chi connectivity index (χ2n) is 6.48. The Kier molecular flexibility index (Phi) is 4.12. The number of fused-ring (bicyclic) bond motifs is 1. The molecule has 5 heteroatoms. The molecule has 1 saturated heterocycles. The summed E-state index contributed by atoms with van der Waals surface area (Å²) in [4.78, 5) is 12.3. The Morgan fingerprint density at radius 3 is 2.79 bits per heavy atom. The van der Waals surface area contributed by atoms with E-state index >= 15 is 0 Å². The average Bonchev–Trinajstić information content (AvgIpc) is 3.28. The summed E-state index contributed by atoms with van der Waals surface area (Å²) in [6.45, 7) is 7.69. The first kappa shape index (κ1) is 15.8. The molecule has 0 aromatic carbocycles. The minimum atomic E-state index is 0.0858. The minimum Gasteiger partial charge on any atom is -0.347 e. The van der Waals surface area contributed by atoms with E-state index in [1.165, 1.54) is 16.6 Å². The Bertz CT molecular complexity index is 752. The fourth-order valence-corrected chi connectivity index (χ4v) is 5.29. The Hall–Kier alpha value is -1.75. The van der Waals surface area contributed by atoms with Gasteiger partial charge in [0.05, 0.1) is 11.7 Å². The molecule has 0 spiro atoms. The van der Waals surface area contributed by atoms with Crippen LogP contribution in [0, 0.1) is 6.92 Å². The van der Waals surface area contributed by atoms with Gasteiger partial charge in [-0.1, -0.05) is 24.8 Å². The molecule has 0 bridgehead atoms. The van der Waals surface area contributed by atoms with Crippen molar-refractivity contribution < 1.29 is 0 Å². The second kappa shape index (κ2) is 6.28. The van der Waals surface area contributed by atoms with E-state index in [9.17, 15) is 0 Å². The van der Waals surface area contributed by atoms with Crippen LogP contribution in [0.15, 0.2) is 41.5 Å². The third kappa shape index (κ3) is 2.37. The third-order valence-electron chi connectivity index (χ3n) is 5.18. The Labute approximate surface area is 148 Å². The van der Waals surface area contributed by atoms with Gasteiger partial charge in [-0.2, -0.15) is 0 Å². The molecule has 0 radical (unpaired) electrons. The van der Waals surface area contributed by atoms with Crippen molar-refractivity contribution in [2.75, 3.05) is 5.75 Å². The number of nitrogens with zero attached hydrogens (tertiary/aromatic N) is 4. The van der Waals surface area contributed by atoms with E-state index < -0.39 is 0 Å². The number of hydrogen-bond acceptors (Lipinski definition) is 4. The number of hydrogen-bond donors (Lipinski definition) is 0. The van der Waals surface area contributed by atoms with E-state index in [1.807, 2.05) is 24.0 Å². The summed E-state index contributed by atoms with van der Waals surface area (Å²) in [5.41, 5.74) is 3.76. The number of amidine groups is 1. The summed E-state index contributed by atoms with van der Waals surface area (Å²) in [6.07, 6.45) is 3.04. The molecule has 0 aliphatic carbocycles. The lowest BCUT2D eigenvalue weighted by Crippen LogP contribution is -2.36. The van der Waals surface area contributed by atoms with Gasteiger partial charge < -0.3 is 9.47 Å². The number of aromatic nitrogens is 2. The van der Waals surface area contributed by atoms with Crippen molar-refractivity contribution in [3.05, 3.63) is 53.6 Å². The van der Waals surface area contributed by atoms with E-state index in [0.717, 1.165) is 24.4 Å². The maximum absolute atomic E-state index is 5.09. The number of aryl methyl sites for hydroxylation is 1. The molecule has 2 aromatic heterocycles. The zero-order chi connectivity index (χ0) is 16.7. The lowest BCUT2D eigenvalue weighted by molar-refractivity contribution is 0.245. The van der Waals surface area contributed by atoms with Crippen LogP contribution in [0.3, 0.4) is 0 Å². The van der Waals surface area contributed by atoms with Crippen LogP contribution < -0.4 is 0 Å². The van der Waals surface area contributed by atoms with E-state index in [4.69, 9.17) is 4.99 Å². The topological polar surface area (TPSA) is 33.4 Å². The van der Waals surface area contributed by atoms with Gasteiger partial charge >= 0.3 is 0 Å². The standard InChI is InChI=1S/C19H24N4S/c1-4-14-12-24-19-21-17(15-8-6-7-11-20-15)18(23(14)19)16-10-9-13(3)22(16)5-2/h6-11,14,17-18H,4-5,12H2,1-3H3/t14-,17+,18+/m1/s1. The van der Waals surface area contributed by atoms with Gasteiger partial charge in [-0.15, -0.1) is 0 Å². The monoisotopic (exact) mass is 340 g/mol. The van der Waals surface area contributed by atoms with Gasteiger partial charge in [-0.3, -0.25) is 9.98 Å². The van der Waals surface area contributed by atoms with Crippen LogP contribution in [0.2, 0.25) is 0 Å². The van der Waals surface area contributed by atoms with Gasteiger partial charge in [0.1, 0.15) is 6.04 Å². The molecule has 0 amide bonds. The lowest BCUT2D eigenvalue weighted by atomic mass is 9.99. The maximum Gasteiger partial charge on any atom is 0.160 e. The molecule has 4 nitrogen and oxygen atoms in total. The normalized spacial score (nSPS) is 25.9. The highest BCUT2D eigenvalue weighted by molar-refractivity contribution is 8.14. The van der Waals surface area contributed by atoms with Crippen LogP contribution in [-0.4, -0.2) is 31.4 Å². The molecular formula is C19H24N4S. The largest absolute Gasteiger partial charge is 0.347 e. The van der Waals surface area contributed by atoms with Crippen LogP contribution in [-0.2, 0) is 6.54 Å². The smallest absolute Gasteiger partial charge is 0.160 e. The van der Waals surface area contributed by atoms with E-state index in [-0.39, 0.29) is 12.1 Å². The fourth-order valence-electron chi connectivity index (χ4n) is 3.95.